The fraction of sp³-hybridized carbons (Fsp3) is 0.250. The summed E-state index contributed by atoms with van der Waals surface area (Å²) in [5.74, 6) is -1.48. The van der Waals surface area contributed by atoms with Gasteiger partial charge in [-0.3, -0.25) is 14.5 Å². The predicted octanol–water partition coefficient (Wildman–Crippen LogP) is 4.97. The zero-order valence-corrected chi connectivity index (χ0v) is 20.2. The maximum absolute atomic E-state index is 13.9. The quantitative estimate of drug-likeness (QED) is 0.468. The lowest BCUT2D eigenvalue weighted by Gasteiger charge is -2.24. The van der Waals surface area contributed by atoms with Gasteiger partial charge in [0.25, 0.3) is 5.91 Å². The number of nitrogens with one attached hydrogen (secondary N) is 2. The van der Waals surface area contributed by atoms with Gasteiger partial charge in [0, 0.05) is 12.2 Å². The third-order valence-corrected chi connectivity index (χ3v) is 5.99. The topological polar surface area (TPSA) is 87.7 Å². The number of nitrogens with zero attached hydrogens (tertiary/aromatic N) is 1. The molecule has 3 amide bonds. The minimum Gasteiger partial charge on any atom is -0.438 e. The normalized spacial score (nSPS) is 17.0. The second-order valence-electron chi connectivity index (χ2n) is 8.71. The number of anilines is 1. The number of hydrogen-bond acceptors (Lipinski definition) is 4. The van der Waals surface area contributed by atoms with E-state index in [0.717, 1.165) is 17.5 Å². The first-order valence-corrected chi connectivity index (χ1v) is 11.8. The molecule has 36 heavy (non-hydrogen) atoms. The number of halogens is 1. The van der Waals surface area contributed by atoms with E-state index in [4.69, 9.17) is 4.74 Å². The fourth-order valence-electron chi connectivity index (χ4n) is 4.05. The molecule has 0 aliphatic carbocycles. The summed E-state index contributed by atoms with van der Waals surface area (Å²) in [6.45, 7) is 4.64. The predicted molar refractivity (Wildman–Crippen MR) is 134 cm³/mol. The summed E-state index contributed by atoms with van der Waals surface area (Å²) in [5, 5.41) is 5.53. The van der Waals surface area contributed by atoms with Gasteiger partial charge in [-0.05, 0) is 48.7 Å². The van der Waals surface area contributed by atoms with Crippen LogP contribution >= 0.6 is 0 Å². The second-order valence-corrected chi connectivity index (χ2v) is 8.71. The maximum atomic E-state index is 13.9. The molecule has 3 aromatic carbocycles. The number of cyclic esters (lactones) is 1. The van der Waals surface area contributed by atoms with Crippen LogP contribution in [0.4, 0.5) is 14.9 Å². The highest BCUT2D eigenvalue weighted by Gasteiger charge is 2.46. The van der Waals surface area contributed by atoms with Crippen LogP contribution in [0.25, 0.3) is 0 Å². The van der Waals surface area contributed by atoms with Crippen molar-refractivity contribution in [1.82, 2.24) is 10.2 Å². The van der Waals surface area contributed by atoms with Crippen molar-refractivity contribution >= 4 is 23.6 Å². The van der Waals surface area contributed by atoms with Crippen molar-refractivity contribution in [3.8, 4) is 0 Å². The van der Waals surface area contributed by atoms with Crippen molar-refractivity contribution in [2.75, 3.05) is 11.9 Å². The maximum Gasteiger partial charge on any atom is 0.411 e. The van der Waals surface area contributed by atoms with E-state index in [0.29, 0.717) is 17.8 Å². The van der Waals surface area contributed by atoms with Crippen LogP contribution in [0.2, 0.25) is 0 Å². The Bertz CT molecular complexity index is 1240. The van der Waals surface area contributed by atoms with Gasteiger partial charge in [0.2, 0.25) is 5.91 Å². The van der Waals surface area contributed by atoms with Crippen molar-refractivity contribution in [3.05, 3.63) is 101 Å². The molecule has 0 bridgehead atoms. The summed E-state index contributed by atoms with van der Waals surface area (Å²) in [6, 6.07) is 19.2. The molecule has 3 aromatic rings. The third-order valence-electron chi connectivity index (χ3n) is 5.99. The molecule has 1 fully saturated rings. The summed E-state index contributed by atoms with van der Waals surface area (Å²) < 4.78 is 19.6. The van der Waals surface area contributed by atoms with Crippen LogP contribution in [0.5, 0.6) is 0 Å². The van der Waals surface area contributed by atoms with E-state index in [1.807, 2.05) is 38.1 Å². The van der Waals surface area contributed by atoms with Gasteiger partial charge < -0.3 is 15.4 Å². The van der Waals surface area contributed by atoms with Crippen LogP contribution in [0, 0.1) is 12.7 Å². The molecule has 0 unspecified atom stereocenters. The lowest BCUT2D eigenvalue weighted by Crippen LogP contribution is -2.46. The Labute approximate surface area is 209 Å². The summed E-state index contributed by atoms with van der Waals surface area (Å²) in [5.41, 5.74) is 2.97. The Kier molecular flexibility index (Phi) is 7.63. The Morgan fingerprint density at radius 3 is 2.36 bits per heavy atom. The zero-order chi connectivity index (χ0) is 25.7. The minimum atomic E-state index is -0.857. The standard InChI is InChI=1S/C28H28FN3O4/c1-3-16-30-27(34)24-25(36-28(35)32(24)17-19-10-8-18(2)9-11-19)20-12-14-21(15-13-20)31-26(33)22-6-4-5-7-23(22)29/h4-15,24-25H,3,16-17H2,1-2H3,(H,30,34)(H,31,33)/t24-,25-/m1/s1. The van der Waals surface area contributed by atoms with Crippen LogP contribution < -0.4 is 10.6 Å². The van der Waals surface area contributed by atoms with Gasteiger partial charge in [0.05, 0.1) is 12.1 Å². The molecule has 1 saturated heterocycles. The van der Waals surface area contributed by atoms with E-state index >= 15 is 0 Å². The van der Waals surface area contributed by atoms with E-state index in [9.17, 15) is 18.8 Å². The fourth-order valence-corrected chi connectivity index (χ4v) is 4.05. The van der Waals surface area contributed by atoms with Crippen molar-refractivity contribution in [3.63, 3.8) is 0 Å². The number of rotatable bonds is 8. The Balaban J connectivity index is 1.54. The van der Waals surface area contributed by atoms with Crippen molar-refractivity contribution in [1.29, 1.82) is 0 Å². The molecule has 186 valence electrons. The van der Waals surface area contributed by atoms with Gasteiger partial charge in [-0.1, -0.05) is 61.0 Å². The molecule has 4 rings (SSSR count). The Morgan fingerprint density at radius 2 is 1.69 bits per heavy atom. The molecule has 0 spiro atoms. The molecule has 8 heteroatoms. The van der Waals surface area contributed by atoms with Crippen molar-refractivity contribution in [2.45, 2.75) is 39.0 Å². The number of amides is 3. The number of aryl methyl sites for hydroxylation is 1. The second kappa shape index (κ2) is 11.0. The van der Waals surface area contributed by atoms with Crippen LogP contribution in [-0.2, 0) is 16.1 Å². The summed E-state index contributed by atoms with van der Waals surface area (Å²) in [6.07, 6.45) is -0.642. The molecule has 1 heterocycles. The van der Waals surface area contributed by atoms with E-state index in [1.165, 1.54) is 23.1 Å². The average Bonchev–Trinajstić information content (AvgIpc) is 3.20. The molecular weight excluding hydrogens is 461 g/mol. The third kappa shape index (κ3) is 5.54. The minimum absolute atomic E-state index is 0.0642. The van der Waals surface area contributed by atoms with Crippen molar-refractivity contribution in [2.24, 2.45) is 0 Å². The number of hydrogen-bond donors (Lipinski definition) is 2. The van der Waals surface area contributed by atoms with Gasteiger partial charge in [0.15, 0.2) is 12.1 Å². The van der Waals surface area contributed by atoms with Gasteiger partial charge in [-0.2, -0.15) is 0 Å². The van der Waals surface area contributed by atoms with Crippen LogP contribution in [0.1, 0.15) is 46.5 Å². The monoisotopic (exact) mass is 489 g/mol. The Morgan fingerprint density at radius 1 is 1.00 bits per heavy atom. The highest BCUT2D eigenvalue weighted by atomic mass is 19.1. The van der Waals surface area contributed by atoms with Crippen LogP contribution in [0.3, 0.4) is 0 Å². The zero-order valence-electron chi connectivity index (χ0n) is 20.2. The highest BCUT2D eigenvalue weighted by Crippen LogP contribution is 2.34. The van der Waals surface area contributed by atoms with Gasteiger partial charge in [-0.25, -0.2) is 9.18 Å². The Hall–Kier alpha value is -4.20. The molecular formula is C28H28FN3O4. The molecule has 2 atom stereocenters. The largest absolute Gasteiger partial charge is 0.438 e. The van der Waals surface area contributed by atoms with E-state index in [1.54, 1.807) is 30.3 Å². The first-order valence-electron chi connectivity index (χ1n) is 11.8. The lowest BCUT2D eigenvalue weighted by molar-refractivity contribution is -0.126. The molecule has 0 radical (unpaired) electrons. The lowest BCUT2D eigenvalue weighted by atomic mass is 10.00. The van der Waals surface area contributed by atoms with E-state index in [2.05, 4.69) is 10.6 Å². The number of ether oxygens (including phenoxy) is 1. The van der Waals surface area contributed by atoms with E-state index < -0.39 is 30.0 Å². The number of benzene rings is 3. The van der Waals surface area contributed by atoms with Gasteiger partial charge in [-0.15, -0.1) is 0 Å². The smallest absolute Gasteiger partial charge is 0.411 e. The van der Waals surface area contributed by atoms with Crippen LogP contribution in [0.15, 0.2) is 72.8 Å². The molecule has 1 aliphatic heterocycles. The van der Waals surface area contributed by atoms with E-state index in [-0.39, 0.29) is 18.0 Å². The van der Waals surface area contributed by atoms with Gasteiger partial charge in [0.1, 0.15) is 5.82 Å². The number of carbonyl (C=O) groups is 3. The first kappa shape index (κ1) is 24.9. The summed E-state index contributed by atoms with van der Waals surface area (Å²) in [7, 11) is 0. The van der Waals surface area contributed by atoms with Crippen LogP contribution in [-0.4, -0.2) is 35.4 Å². The van der Waals surface area contributed by atoms with Gasteiger partial charge >= 0.3 is 6.09 Å². The molecule has 1 aliphatic rings. The first-order chi connectivity index (χ1) is 17.4. The summed E-state index contributed by atoms with van der Waals surface area (Å²) >= 11 is 0. The molecule has 0 aromatic heterocycles. The molecule has 2 N–H and O–H groups in total. The SMILES string of the molecule is CCCNC(=O)[C@H]1[C@@H](c2ccc(NC(=O)c3ccccc3F)cc2)OC(=O)N1Cc1ccc(C)cc1. The highest BCUT2D eigenvalue weighted by molar-refractivity contribution is 6.04. The average molecular weight is 490 g/mol. The molecule has 7 nitrogen and oxygen atoms in total. The number of carbonyl (C=O) groups excluding carboxylic acids is 3. The van der Waals surface area contributed by atoms with Crippen molar-refractivity contribution < 1.29 is 23.5 Å². The molecule has 0 saturated carbocycles. The summed E-state index contributed by atoms with van der Waals surface area (Å²) in [4.78, 5) is 39.8.